The number of carboxylic acid groups (broad SMARTS) is 2. The van der Waals surface area contributed by atoms with Crippen LogP contribution in [0.5, 0.6) is 0 Å². The zero-order chi connectivity index (χ0) is 31.6. The lowest BCUT2D eigenvalue weighted by Gasteiger charge is -2.03. The predicted molar refractivity (Wildman–Crippen MR) is 165 cm³/mol. The normalized spacial score (nSPS) is 19.8. The minimum absolute atomic E-state index is 0.0721. The first kappa shape index (κ1) is 31.2. The van der Waals surface area contributed by atoms with Crippen LogP contribution in [-0.2, 0) is 32.0 Å². The van der Waals surface area contributed by atoms with E-state index in [9.17, 15) is 29.4 Å². The third-order valence-electron chi connectivity index (χ3n) is 8.35. The summed E-state index contributed by atoms with van der Waals surface area (Å²) in [4.78, 5) is 58.8. The number of carbonyl (C=O) groups is 4. The maximum Gasteiger partial charge on any atom is 0.303 e. The topological polar surface area (TPSA) is 165 Å². The molecule has 4 heterocycles. The van der Waals surface area contributed by atoms with E-state index in [1.54, 1.807) is 0 Å². The van der Waals surface area contributed by atoms with Crippen molar-refractivity contribution in [3.8, 4) is 0 Å². The van der Waals surface area contributed by atoms with Gasteiger partial charge in [-0.15, -0.1) is 0 Å². The maximum atomic E-state index is 12.3. The fourth-order valence-corrected chi connectivity index (χ4v) is 5.77. The van der Waals surface area contributed by atoms with Crippen molar-refractivity contribution < 1.29 is 29.4 Å². The van der Waals surface area contributed by atoms with Gasteiger partial charge in [-0.2, -0.15) is 0 Å². The molecule has 226 valence electrons. The molecule has 2 aliphatic rings. The molecule has 43 heavy (non-hydrogen) atoms. The van der Waals surface area contributed by atoms with Gasteiger partial charge in [0.25, 0.3) is 5.91 Å². The van der Waals surface area contributed by atoms with Crippen LogP contribution in [0, 0.1) is 19.8 Å². The third kappa shape index (κ3) is 6.38. The highest BCUT2D eigenvalue weighted by Gasteiger charge is 2.29. The number of aromatic nitrogens is 2. The number of nitrogens with one attached hydrogen (secondary N) is 3. The summed E-state index contributed by atoms with van der Waals surface area (Å²) in [6.07, 6.45) is 8.45. The molecule has 5 N–H and O–H groups in total. The van der Waals surface area contributed by atoms with Gasteiger partial charge < -0.3 is 25.5 Å². The summed E-state index contributed by atoms with van der Waals surface area (Å²) in [5.41, 5.74) is 8.40. The van der Waals surface area contributed by atoms with Gasteiger partial charge in [0.15, 0.2) is 0 Å². The molecule has 0 aromatic carbocycles. The van der Waals surface area contributed by atoms with Crippen molar-refractivity contribution in [3.63, 3.8) is 0 Å². The Morgan fingerprint density at radius 1 is 0.884 bits per heavy atom. The molecule has 0 aliphatic carbocycles. The Hall–Kier alpha value is -4.73. The molecule has 2 aliphatic heterocycles. The fraction of sp³-hybridized carbons (Fsp3) is 0.364. The summed E-state index contributed by atoms with van der Waals surface area (Å²) in [7, 11) is 0. The molecule has 1 fully saturated rings. The molecular weight excluding hydrogens is 548 g/mol. The number of allylic oxidation sites excluding steroid dienone is 3. The zero-order valence-corrected chi connectivity index (χ0v) is 25.4. The monoisotopic (exact) mass is 586 g/mol. The molecule has 10 nitrogen and oxygen atoms in total. The SMILES string of the molecule is CC=C1/C(=C/c2[nH]c(/C=c3\[nH]/c(=C/C4=NC(=O)C(CC)=C4C)c(C)c3CCC(=O)O)c(CCC(=O)O)c2C)NC(=O)C1C. The van der Waals surface area contributed by atoms with Crippen molar-refractivity contribution in [2.24, 2.45) is 10.9 Å². The smallest absolute Gasteiger partial charge is 0.303 e. The number of aliphatic carboxylic acids is 2. The summed E-state index contributed by atoms with van der Waals surface area (Å²) in [5, 5.41) is 23.2. The molecule has 10 heteroatoms. The van der Waals surface area contributed by atoms with Gasteiger partial charge in [0.05, 0.1) is 11.6 Å². The predicted octanol–water partition coefficient (Wildman–Crippen LogP) is 3.36. The minimum atomic E-state index is -0.923. The van der Waals surface area contributed by atoms with Crippen LogP contribution in [0.15, 0.2) is 33.5 Å². The summed E-state index contributed by atoms with van der Waals surface area (Å²) in [6, 6.07) is 0. The molecule has 2 aromatic rings. The van der Waals surface area contributed by atoms with Gasteiger partial charge in [-0.1, -0.05) is 13.0 Å². The van der Waals surface area contributed by atoms with E-state index < -0.39 is 11.9 Å². The Bertz CT molecular complexity index is 1780. The molecule has 0 radical (unpaired) electrons. The van der Waals surface area contributed by atoms with Crippen LogP contribution in [-0.4, -0.2) is 49.6 Å². The van der Waals surface area contributed by atoms with Crippen LogP contribution >= 0.6 is 0 Å². The maximum absolute atomic E-state index is 12.3. The Labute approximate surface area is 249 Å². The summed E-state index contributed by atoms with van der Waals surface area (Å²) >= 11 is 0. The first-order valence-electron chi connectivity index (χ1n) is 14.4. The second kappa shape index (κ2) is 12.6. The second-order valence-electron chi connectivity index (χ2n) is 11.0. The number of carboxylic acids is 2. The van der Waals surface area contributed by atoms with Gasteiger partial charge in [-0.3, -0.25) is 19.2 Å². The van der Waals surface area contributed by atoms with E-state index in [0.717, 1.165) is 39.1 Å². The number of hydrogen-bond donors (Lipinski definition) is 5. The summed E-state index contributed by atoms with van der Waals surface area (Å²) in [6.45, 7) is 11.3. The van der Waals surface area contributed by atoms with Gasteiger partial charge >= 0.3 is 11.9 Å². The van der Waals surface area contributed by atoms with Crippen LogP contribution in [0.4, 0.5) is 0 Å². The zero-order valence-electron chi connectivity index (χ0n) is 25.4. The van der Waals surface area contributed by atoms with Gasteiger partial charge in [0.1, 0.15) is 0 Å². The molecule has 4 rings (SSSR count). The van der Waals surface area contributed by atoms with Gasteiger partial charge in [0, 0.05) is 46.2 Å². The Kier molecular flexibility index (Phi) is 9.18. The number of hydrogen-bond acceptors (Lipinski definition) is 4. The van der Waals surface area contributed by atoms with Gasteiger partial charge in [0.2, 0.25) is 5.91 Å². The number of aromatic amines is 2. The number of aliphatic imine (C=N–C) groups is 1. The van der Waals surface area contributed by atoms with E-state index in [0.29, 0.717) is 39.8 Å². The van der Waals surface area contributed by atoms with Gasteiger partial charge in [-0.05, 0) is 106 Å². The first-order chi connectivity index (χ1) is 20.4. The highest BCUT2D eigenvalue weighted by Crippen LogP contribution is 2.29. The second-order valence-corrected chi connectivity index (χ2v) is 11.0. The van der Waals surface area contributed by atoms with Crippen molar-refractivity contribution in [3.05, 3.63) is 72.8 Å². The molecule has 0 saturated carbocycles. The summed E-state index contributed by atoms with van der Waals surface area (Å²) in [5.74, 6) is -2.44. The molecular formula is C33H38N4O6. The Balaban J connectivity index is 1.91. The lowest BCUT2D eigenvalue weighted by molar-refractivity contribution is -0.138. The van der Waals surface area contributed by atoms with Crippen LogP contribution in [0.25, 0.3) is 18.2 Å². The van der Waals surface area contributed by atoms with Crippen LogP contribution in [0.1, 0.15) is 80.6 Å². The molecule has 0 spiro atoms. The highest BCUT2D eigenvalue weighted by atomic mass is 16.4. The van der Waals surface area contributed by atoms with Gasteiger partial charge in [-0.25, -0.2) is 4.99 Å². The number of H-pyrrole nitrogens is 2. The standard InChI is InChI=1S/C33H38N4O6/c1-7-20-19(6)32(42)37-27(20)14-25-18(5)23(10-12-31(40)41)29(35-25)15-28-22(9-11-30(38)39)17(4)24(34-28)13-26-16(3)21(8-2)33(43)36-26/h7,13-15,19,34-35H,8-12H2,1-6H3,(H,37,42)(H,38,39)(H,40,41)/b20-7?,24-13+,27-14-,28-15-. The molecule has 1 atom stereocenters. The number of rotatable bonds is 10. The molecule has 0 bridgehead atoms. The van der Waals surface area contributed by atoms with Crippen LogP contribution < -0.4 is 16.0 Å². The van der Waals surface area contributed by atoms with Crippen molar-refractivity contribution in [1.29, 1.82) is 0 Å². The van der Waals surface area contributed by atoms with Crippen LogP contribution in [0.2, 0.25) is 0 Å². The molecule has 1 unspecified atom stereocenters. The van der Waals surface area contributed by atoms with E-state index in [1.807, 2.05) is 65.8 Å². The average molecular weight is 587 g/mol. The quantitative estimate of drug-likeness (QED) is 0.286. The number of amides is 2. The number of nitrogens with zero attached hydrogens (tertiary/aromatic N) is 1. The first-order valence-corrected chi connectivity index (χ1v) is 14.4. The van der Waals surface area contributed by atoms with E-state index in [2.05, 4.69) is 20.3 Å². The lowest BCUT2D eigenvalue weighted by atomic mass is 10.00. The van der Waals surface area contributed by atoms with Crippen molar-refractivity contribution >= 4 is 47.7 Å². The highest BCUT2D eigenvalue weighted by molar-refractivity contribution is 6.30. The van der Waals surface area contributed by atoms with E-state index in [1.165, 1.54) is 0 Å². The van der Waals surface area contributed by atoms with Crippen molar-refractivity contribution in [1.82, 2.24) is 15.3 Å². The Morgan fingerprint density at radius 2 is 1.53 bits per heavy atom. The van der Waals surface area contributed by atoms with Crippen LogP contribution in [0.3, 0.4) is 0 Å². The van der Waals surface area contributed by atoms with Crippen molar-refractivity contribution in [2.75, 3.05) is 0 Å². The minimum Gasteiger partial charge on any atom is -0.481 e. The third-order valence-corrected chi connectivity index (χ3v) is 8.35. The Morgan fingerprint density at radius 3 is 2.12 bits per heavy atom. The fourth-order valence-electron chi connectivity index (χ4n) is 5.77. The lowest BCUT2D eigenvalue weighted by Crippen LogP contribution is -2.16. The van der Waals surface area contributed by atoms with E-state index in [-0.39, 0.29) is 43.4 Å². The molecule has 2 amide bonds. The molecule has 2 aromatic heterocycles. The summed E-state index contributed by atoms with van der Waals surface area (Å²) < 4.78 is 0. The van der Waals surface area contributed by atoms with Crippen molar-refractivity contribution in [2.45, 2.75) is 73.6 Å². The van der Waals surface area contributed by atoms with E-state index in [4.69, 9.17) is 0 Å². The average Bonchev–Trinajstić information content (AvgIpc) is 3.59. The largest absolute Gasteiger partial charge is 0.481 e. The van der Waals surface area contributed by atoms with E-state index >= 15 is 0 Å². The number of carbonyl (C=O) groups excluding carboxylic acids is 2. The molecule has 1 saturated heterocycles.